The fourth-order valence-corrected chi connectivity index (χ4v) is 4.74. The number of esters is 1. The van der Waals surface area contributed by atoms with Crippen LogP contribution in [0, 0.1) is 6.92 Å². The maximum atomic E-state index is 12.3. The van der Waals surface area contributed by atoms with E-state index in [0.29, 0.717) is 42.6 Å². The van der Waals surface area contributed by atoms with E-state index in [1.54, 1.807) is 34.6 Å². The van der Waals surface area contributed by atoms with Crippen molar-refractivity contribution in [2.24, 2.45) is 0 Å². The Kier molecular flexibility index (Phi) is 5.98. The number of aromatic nitrogens is 7. The SMILES string of the molecule is CCOC(=O)Cn1cnc2c(-n3nnc4c(C)cccc43)nc(N3CCN(c4ccc(O)cc4)CC3)nc21. The van der Waals surface area contributed by atoms with Crippen molar-refractivity contribution < 1.29 is 14.6 Å². The van der Waals surface area contributed by atoms with Crippen molar-refractivity contribution in [3.05, 3.63) is 54.4 Å². The second kappa shape index (κ2) is 9.61. The van der Waals surface area contributed by atoms with Gasteiger partial charge in [-0.1, -0.05) is 17.3 Å². The number of hydrogen-bond acceptors (Lipinski definition) is 10. The van der Waals surface area contributed by atoms with Crippen LogP contribution in [0.5, 0.6) is 5.75 Å². The molecule has 12 nitrogen and oxygen atoms in total. The summed E-state index contributed by atoms with van der Waals surface area (Å²) in [4.78, 5) is 31.0. The molecule has 0 spiro atoms. The van der Waals surface area contributed by atoms with E-state index in [1.807, 2.05) is 37.3 Å². The van der Waals surface area contributed by atoms with Crippen LogP contribution in [-0.2, 0) is 16.1 Å². The molecule has 2 aromatic carbocycles. The molecule has 12 heteroatoms. The van der Waals surface area contributed by atoms with Gasteiger partial charge in [-0.05, 0) is 49.7 Å². The van der Waals surface area contributed by atoms with Crippen LogP contribution in [0.25, 0.3) is 28.0 Å². The molecule has 4 heterocycles. The minimum Gasteiger partial charge on any atom is -0.508 e. The molecule has 1 fully saturated rings. The molecule has 6 rings (SSSR count). The van der Waals surface area contributed by atoms with Crippen LogP contribution < -0.4 is 9.80 Å². The first-order valence-corrected chi connectivity index (χ1v) is 12.5. The van der Waals surface area contributed by atoms with Gasteiger partial charge in [-0.3, -0.25) is 4.79 Å². The minimum absolute atomic E-state index is 0.00786. The van der Waals surface area contributed by atoms with Gasteiger partial charge in [0.2, 0.25) is 5.95 Å². The fourth-order valence-electron chi connectivity index (χ4n) is 4.74. The smallest absolute Gasteiger partial charge is 0.326 e. The van der Waals surface area contributed by atoms with Crippen LogP contribution in [0.3, 0.4) is 0 Å². The highest BCUT2D eigenvalue weighted by Gasteiger charge is 2.24. The molecule has 1 aliphatic rings. The van der Waals surface area contributed by atoms with E-state index in [2.05, 4.69) is 25.1 Å². The van der Waals surface area contributed by atoms with Gasteiger partial charge in [0.1, 0.15) is 17.8 Å². The zero-order valence-electron chi connectivity index (χ0n) is 21.2. The third-order valence-corrected chi connectivity index (χ3v) is 6.70. The lowest BCUT2D eigenvalue weighted by molar-refractivity contribution is -0.143. The molecule has 0 saturated carbocycles. The highest BCUT2D eigenvalue weighted by molar-refractivity contribution is 5.86. The van der Waals surface area contributed by atoms with E-state index in [-0.39, 0.29) is 18.3 Å². The van der Waals surface area contributed by atoms with E-state index >= 15 is 0 Å². The molecule has 0 radical (unpaired) electrons. The molecule has 3 aromatic heterocycles. The summed E-state index contributed by atoms with van der Waals surface area (Å²) >= 11 is 0. The van der Waals surface area contributed by atoms with Gasteiger partial charge in [0.25, 0.3) is 0 Å². The van der Waals surface area contributed by atoms with Gasteiger partial charge in [-0.25, -0.2) is 4.98 Å². The van der Waals surface area contributed by atoms with Crippen LogP contribution in [0.1, 0.15) is 12.5 Å². The first-order chi connectivity index (χ1) is 18.5. The number of aromatic hydroxyl groups is 1. The lowest BCUT2D eigenvalue weighted by Crippen LogP contribution is -2.47. The molecule has 1 aliphatic heterocycles. The Labute approximate surface area is 218 Å². The topological polar surface area (TPSA) is 127 Å². The van der Waals surface area contributed by atoms with Gasteiger partial charge in [0.05, 0.1) is 18.5 Å². The third kappa shape index (κ3) is 4.23. The second-order valence-electron chi connectivity index (χ2n) is 9.13. The van der Waals surface area contributed by atoms with Crippen molar-refractivity contribution in [1.82, 2.24) is 34.5 Å². The van der Waals surface area contributed by atoms with Crippen molar-refractivity contribution in [2.75, 3.05) is 42.6 Å². The van der Waals surface area contributed by atoms with Crippen LogP contribution >= 0.6 is 0 Å². The molecule has 0 amide bonds. The summed E-state index contributed by atoms with van der Waals surface area (Å²) < 4.78 is 8.52. The zero-order valence-corrected chi connectivity index (χ0v) is 21.2. The number of carbonyl (C=O) groups excluding carboxylic acids is 1. The normalized spacial score (nSPS) is 13.9. The van der Waals surface area contributed by atoms with E-state index in [9.17, 15) is 9.90 Å². The highest BCUT2D eigenvalue weighted by atomic mass is 16.5. The summed E-state index contributed by atoms with van der Waals surface area (Å²) in [7, 11) is 0. The quantitative estimate of drug-likeness (QED) is 0.338. The third-order valence-electron chi connectivity index (χ3n) is 6.70. The maximum absolute atomic E-state index is 12.3. The summed E-state index contributed by atoms with van der Waals surface area (Å²) in [5.74, 6) is 0.913. The largest absolute Gasteiger partial charge is 0.508 e. The predicted octanol–water partition coefficient (Wildman–Crippen LogP) is 2.46. The molecule has 5 aromatic rings. The Balaban J connectivity index is 1.39. The Morgan fingerprint density at radius 2 is 1.76 bits per heavy atom. The van der Waals surface area contributed by atoms with Crippen LogP contribution in [0.4, 0.5) is 11.6 Å². The molecule has 0 atom stereocenters. The van der Waals surface area contributed by atoms with E-state index in [0.717, 1.165) is 35.4 Å². The molecule has 0 unspecified atom stereocenters. The van der Waals surface area contributed by atoms with Gasteiger partial charge in [-0.2, -0.15) is 14.6 Å². The van der Waals surface area contributed by atoms with Gasteiger partial charge >= 0.3 is 5.97 Å². The molecular weight excluding hydrogens is 486 g/mol. The van der Waals surface area contributed by atoms with Crippen molar-refractivity contribution in [3.8, 4) is 11.6 Å². The van der Waals surface area contributed by atoms with Gasteiger partial charge in [-0.15, -0.1) is 5.10 Å². The number of piperazine rings is 1. The number of rotatable bonds is 6. The number of hydrogen-bond donors (Lipinski definition) is 1. The Bertz CT molecular complexity index is 1620. The zero-order chi connectivity index (χ0) is 26.2. The number of anilines is 2. The van der Waals surface area contributed by atoms with Gasteiger partial charge < -0.3 is 24.2 Å². The predicted molar refractivity (Wildman–Crippen MR) is 142 cm³/mol. The first-order valence-electron chi connectivity index (χ1n) is 12.5. The lowest BCUT2D eigenvalue weighted by Gasteiger charge is -2.36. The van der Waals surface area contributed by atoms with Crippen LogP contribution in [-0.4, -0.2) is 78.4 Å². The minimum atomic E-state index is -0.363. The summed E-state index contributed by atoms with van der Waals surface area (Å²) in [6.07, 6.45) is 1.58. The number of phenols is 1. The van der Waals surface area contributed by atoms with Crippen molar-refractivity contribution >= 4 is 39.8 Å². The molecule has 38 heavy (non-hydrogen) atoms. The summed E-state index contributed by atoms with van der Waals surface area (Å²) in [5, 5.41) is 18.4. The number of phenolic OH excluding ortho intramolecular Hbond substituents is 1. The summed E-state index contributed by atoms with van der Waals surface area (Å²) in [6, 6.07) is 13.1. The van der Waals surface area contributed by atoms with Gasteiger partial charge in [0, 0.05) is 31.9 Å². The Hall–Kier alpha value is -4.74. The highest BCUT2D eigenvalue weighted by Crippen LogP contribution is 2.27. The summed E-state index contributed by atoms with van der Waals surface area (Å²) in [5.41, 5.74) is 4.71. The van der Waals surface area contributed by atoms with Crippen LogP contribution in [0.2, 0.25) is 0 Å². The molecular formula is C26H27N9O3. The number of fused-ring (bicyclic) bond motifs is 2. The average Bonchev–Trinajstić information content (AvgIpc) is 3.54. The fraction of sp³-hybridized carbons (Fsp3) is 0.308. The summed E-state index contributed by atoms with van der Waals surface area (Å²) in [6.45, 7) is 6.95. The standard InChI is InChI=1S/C26H27N9O3/c1-3-38-21(37)15-34-16-27-23-24(34)28-26(29-25(23)35-20-6-4-5-17(2)22(20)30-31-35)33-13-11-32(12-14-33)18-7-9-19(36)10-8-18/h4-10,16,36H,3,11-15H2,1-2H3. The molecule has 1 saturated heterocycles. The number of ether oxygens (including phenoxy) is 1. The monoisotopic (exact) mass is 513 g/mol. The number of nitrogens with zero attached hydrogens (tertiary/aromatic N) is 9. The van der Waals surface area contributed by atoms with Gasteiger partial charge in [0.15, 0.2) is 17.0 Å². The average molecular weight is 514 g/mol. The number of aryl methyl sites for hydroxylation is 1. The number of benzene rings is 2. The number of imidazole rings is 1. The molecule has 0 bridgehead atoms. The van der Waals surface area contributed by atoms with Crippen molar-refractivity contribution in [2.45, 2.75) is 20.4 Å². The first kappa shape index (κ1) is 23.6. The van der Waals surface area contributed by atoms with Crippen molar-refractivity contribution in [3.63, 3.8) is 0 Å². The van der Waals surface area contributed by atoms with E-state index < -0.39 is 0 Å². The lowest BCUT2D eigenvalue weighted by atomic mass is 10.2. The maximum Gasteiger partial charge on any atom is 0.326 e. The van der Waals surface area contributed by atoms with E-state index in [1.165, 1.54) is 0 Å². The molecule has 194 valence electrons. The second-order valence-corrected chi connectivity index (χ2v) is 9.13. The number of carbonyl (C=O) groups is 1. The molecule has 1 N–H and O–H groups in total. The van der Waals surface area contributed by atoms with E-state index in [4.69, 9.17) is 14.7 Å². The Morgan fingerprint density at radius 1 is 1.00 bits per heavy atom. The molecule has 0 aliphatic carbocycles. The van der Waals surface area contributed by atoms with Crippen LogP contribution in [0.15, 0.2) is 48.8 Å². The van der Waals surface area contributed by atoms with Crippen molar-refractivity contribution in [1.29, 1.82) is 0 Å². The Morgan fingerprint density at radius 3 is 2.53 bits per heavy atom.